The molecule has 3 rings (SSSR count). The summed E-state index contributed by atoms with van der Waals surface area (Å²) in [7, 11) is 1.76. The topological polar surface area (TPSA) is 57.3 Å². The van der Waals surface area contributed by atoms with Crippen molar-refractivity contribution in [2.24, 2.45) is 4.99 Å². The Morgan fingerprint density at radius 3 is 2.58 bits per heavy atom. The Labute approximate surface area is 154 Å². The molecular weight excluding hydrogens is 322 g/mol. The van der Waals surface area contributed by atoms with E-state index in [0.29, 0.717) is 12.4 Å². The van der Waals surface area contributed by atoms with Crippen LogP contribution in [0.3, 0.4) is 0 Å². The molecule has 136 valence electrons. The number of hydrogen-bond donors (Lipinski definition) is 1. The van der Waals surface area contributed by atoms with Crippen LogP contribution in [-0.4, -0.2) is 46.9 Å². The number of aliphatic imine (C=N–C) groups is 1. The average Bonchev–Trinajstić information content (AvgIpc) is 3.08. The number of aromatic nitrogens is 2. The number of amidine groups is 1. The van der Waals surface area contributed by atoms with Gasteiger partial charge < -0.3 is 4.90 Å². The molecule has 1 saturated heterocycles. The van der Waals surface area contributed by atoms with Crippen molar-refractivity contribution in [3.8, 4) is 0 Å². The second kappa shape index (κ2) is 8.61. The van der Waals surface area contributed by atoms with Gasteiger partial charge in [-0.3, -0.25) is 15.1 Å². The maximum atomic E-state index is 8.43. The third-order valence-corrected chi connectivity index (χ3v) is 4.82. The molecule has 2 aromatic rings. The fourth-order valence-corrected chi connectivity index (χ4v) is 3.38. The highest BCUT2D eigenvalue weighted by atomic mass is 15.3. The first kappa shape index (κ1) is 18.1. The quantitative estimate of drug-likeness (QED) is 0.678. The molecule has 1 aromatic heterocycles. The van der Waals surface area contributed by atoms with Crippen LogP contribution in [0.2, 0.25) is 0 Å². The predicted octanol–water partition coefficient (Wildman–Crippen LogP) is 2.02. The minimum absolute atomic E-state index is 0.647. The highest BCUT2D eigenvalue weighted by Crippen LogP contribution is 2.14. The molecule has 0 atom stereocenters. The fourth-order valence-electron chi connectivity index (χ4n) is 3.38. The van der Waals surface area contributed by atoms with Gasteiger partial charge in [-0.2, -0.15) is 5.10 Å². The van der Waals surface area contributed by atoms with Gasteiger partial charge in [0.25, 0.3) is 0 Å². The molecule has 1 aromatic carbocycles. The largest absolute Gasteiger partial charge is 0.357 e. The molecule has 0 spiro atoms. The van der Waals surface area contributed by atoms with Crippen molar-refractivity contribution >= 4 is 24.2 Å². The van der Waals surface area contributed by atoms with Gasteiger partial charge in [-0.1, -0.05) is 30.3 Å². The van der Waals surface area contributed by atoms with Crippen molar-refractivity contribution in [2.45, 2.75) is 32.7 Å². The van der Waals surface area contributed by atoms with Crippen LogP contribution in [0, 0.1) is 5.41 Å². The number of benzene rings is 1. The molecule has 5 heteroatoms. The lowest BCUT2D eigenvalue weighted by molar-refractivity contribution is 0.341. The van der Waals surface area contributed by atoms with Gasteiger partial charge in [-0.15, -0.1) is 0 Å². The third kappa shape index (κ3) is 4.10. The lowest BCUT2D eigenvalue weighted by atomic mass is 10.1. The molecule has 0 aliphatic carbocycles. The van der Waals surface area contributed by atoms with E-state index in [9.17, 15) is 0 Å². The molecule has 1 fully saturated rings. The summed E-state index contributed by atoms with van der Waals surface area (Å²) in [6.07, 6.45) is 11.4. The highest BCUT2D eigenvalue weighted by Gasteiger charge is 2.14. The molecule has 2 heterocycles. The van der Waals surface area contributed by atoms with E-state index < -0.39 is 0 Å². The number of nitrogens with zero attached hydrogens (tertiary/aromatic N) is 4. The summed E-state index contributed by atoms with van der Waals surface area (Å²) in [5.74, 6) is 0.647. The average molecular weight is 349 g/mol. The highest BCUT2D eigenvalue weighted by molar-refractivity contribution is 5.96. The van der Waals surface area contributed by atoms with Crippen LogP contribution in [0.1, 0.15) is 37.3 Å². The van der Waals surface area contributed by atoms with Crippen LogP contribution >= 0.6 is 0 Å². The molecule has 1 N–H and O–H groups in total. The van der Waals surface area contributed by atoms with Crippen LogP contribution in [0.25, 0.3) is 12.2 Å². The van der Waals surface area contributed by atoms with Crippen LogP contribution in [0.5, 0.6) is 0 Å². The monoisotopic (exact) mass is 349 g/mol. The van der Waals surface area contributed by atoms with Gasteiger partial charge in [0.15, 0.2) is 0 Å². The zero-order valence-corrected chi connectivity index (χ0v) is 15.7. The zero-order valence-electron chi connectivity index (χ0n) is 15.7. The Morgan fingerprint density at radius 2 is 1.92 bits per heavy atom. The van der Waals surface area contributed by atoms with E-state index in [1.54, 1.807) is 13.3 Å². The van der Waals surface area contributed by atoms with Gasteiger partial charge in [0, 0.05) is 37.1 Å². The summed E-state index contributed by atoms with van der Waals surface area (Å²) >= 11 is 0. The molecule has 5 nitrogen and oxygen atoms in total. The smallest absolute Gasteiger partial charge is 0.128 e. The van der Waals surface area contributed by atoms with Gasteiger partial charge in [0.2, 0.25) is 0 Å². The van der Waals surface area contributed by atoms with Gasteiger partial charge in [0.1, 0.15) is 5.84 Å². The van der Waals surface area contributed by atoms with E-state index in [-0.39, 0.29) is 0 Å². The molecule has 1 aliphatic heterocycles. The number of piperidine rings is 1. The molecular formula is C21H27N5. The number of nitrogens with one attached hydrogen (secondary N) is 1. The maximum Gasteiger partial charge on any atom is 0.128 e. The summed E-state index contributed by atoms with van der Waals surface area (Å²) in [6, 6.07) is 8.32. The summed E-state index contributed by atoms with van der Waals surface area (Å²) in [5, 5.41) is 15.1. The minimum atomic E-state index is 0.647. The van der Waals surface area contributed by atoms with Crippen LogP contribution in [0.4, 0.5) is 0 Å². The van der Waals surface area contributed by atoms with Gasteiger partial charge >= 0.3 is 0 Å². The summed E-state index contributed by atoms with van der Waals surface area (Å²) in [6.45, 7) is 4.75. The van der Waals surface area contributed by atoms with E-state index in [2.05, 4.69) is 45.3 Å². The van der Waals surface area contributed by atoms with Crippen LogP contribution in [0.15, 0.2) is 35.5 Å². The minimum Gasteiger partial charge on any atom is -0.357 e. The Hall–Kier alpha value is -2.69. The van der Waals surface area contributed by atoms with Crippen molar-refractivity contribution in [1.29, 1.82) is 5.41 Å². The second-order valence-corrected chi connectivity index (χ2v) is 6.60. The van der Waals surface area contributed by atoms with Gasteiger partial charge in [-0.25, -0.2) is 0 Å². The van der Waals surface area contributed by atoms with Gasteiger partial charge in [0.05, 0.1) is 18.1 Å². The van der Waals surface area contributed by atoms with E-state index in [1.165, 1.54) is 24.8 Å². The summed E-state index contributed by atoms with van der Waals surface area (Å²) in [5.41, 5.74) is 2.17. The zero-order chi connectivity index (χ0) is 18.4. The first-order valence-corrected chi connectivity index (χ1v) is 9.26. The Morgan fingerprint density at radius 1 is 1.19 bits per heavy atom. The normalized spacial score (nSPS) is 16.6. The molecule has 0 bridgehead atoms. The maximum absolute atomic E-state index is 8.43. The Bertz CT molecular complexity index is 883. The first-order valence-electron chi connectivity index (χ1n) is 9.26. The van der Waals surface area contributed by atoms with E-state index >= 15 is 0 Å². The SMILES string of the molecule is C/C=c1\c(=C/C=NC)cnn1Cc1ccc(C(=N)N2CCCCC2)cc1. The number of hydrogen-bond acceptors (Lipinski definition) is 3. The Kier molecular flexibility index (Phi) is 6.00. The molecule has 1 aliphatic rings. The Balaban J connectivity index is 1.76. The molecule has 0 saturated carbocycles. The second-order valence-electron chi connectivity index (χ2n) is 6.60. The molecule has 0 unspecified atom stereocenters. The summed E-state index contributed by atoms with van der Waals surface area (Å²) in [4.78, 5) is 6.20. The molecule has 0 amide bonds. The van der Waals surface area contributed by atoms with Crippen molar-refractivity contribution in [3.63, 3.8) is 0 Å². The molecule has 26 heavy (non-hydrogen) atoms. The van der Waals surface area contributed by atoms with Gasteiger partial charge in [-0.05, 0) is 37.8 Å². The van der Waals surface area contributed by atoms with E-state index in [1.807, 2.05) is 23.9 Å². The number of rotatable bonds is 4. The van der Waals surface area contributed by atoms with Crippen molar-refractivity contribution in [1.82, 2.24) is 14.7 Å². The molecule has 0 radical (unpaired) electrons. The van der Waals surface area contributed by atoms with Crippen LogP contribution in [-0.2, 0) is 6.54 Å². The third-order valence-electron chi connectivity index (χ3n) is 4.82. The first-order chi connectivity index (χ1) is 12.7. The van der Waals surface area contributed by atoms with E-state index in [0.717, 1.165) is 29.2 Å². The predicted molar refractivity (Wildman–Crippen MR) is 108 cm³/mol. The number of likely N-dealkylation sites (tertiary alicyclic amines) is 1. The van der Waals surface area contributed by atoms with Crippen LogP contribution < -0.4 is 10.6 Å². The lowest BCUT2D eigenvalue weighted by Gasteiger charge is -2.29. The lowest BCUT2D eigenvalue weighted by Crippen LogP contribution is -2.35. The summed E-state index contributed by atoms with van der Waals surface area (Å²) < 4.78 is 2.00. The van der Waals surface area contributed by atoms with Crippen molar-refractivity contribution < 1.29 is 0 Å². The standard InChI is InChI=1S/C21H27N5/c1-3-20-19(11-12-23-2)15-24-26(20)16-17-7-9-18(10-8-17)21(22)25-13-5-4-6-14-25/h3,7-12,15,22H,4-6,13-14,16H2,1-2H3/b19-11-,20-3+,22-21?,23-12?. The fraction of sp³-hybridized carbons (Fsp3) is 0.381. The van der Waals surface area contributed by atoms with E-state index in [4.69, 9.17) is 5.41 Å². The van der Waals surface area contributed by atoms with Crippen molar-refractivity contribution in [2.75, 3.05) is 20.1 Å². The van der Waals surface area contributed by atoms with Crippen molar-refractivity contribution in [3.05, 3.63) is 52.2 Å².